The van der Waals surface area contributed by atoms with Gasteiger partial charge in [0.2, 0.25) is 0 Å². The highest BCUT2D eigenvalue weighted by molar-refractivity contribution is 6.50. The van der Waals surface area contributed by atoms with Gasteiger partial charge in [-0.3, -0.25) is 0 Å². The Morgan fingerprint density at radius 3 is 1.53 bits per heavy atom. The minimum Gasteiger partial charge on any atom is -0.478 e. The molecule has 0 spiro atoms. The molecule has 2 nitrogen and oxygen atoms in total. The van der Waals surface area contributed by atoms with Crippen molar-refractivity contribution < 1.29 is 23.1 Å². The van der Waals surface area contributed by atoms with Crippen molar-refractivity contribution in [3.05, 3.63) is 31.2 Å². The summed E-state index contributed by atoms with van der Waals surface area (Å²) >= 11 is 21.5. The van der Waals surface area contributed by atoms with Crippen LogP contribution in [0.15, 0.2) is 0 Å². The molecule has 0 aliphatic heterocycles. The van der Waals surface area contributed by atoms with Crippen molar-refractivity contribution in [2.75, 3.05) is 0 Å². The molecule has 1 aromatic rings. The summed E-state index contributed by atoms with van der Waals surface area (Å²) in [5.74, 6) is -1.63. The highest BCUT2D eigenvalue weighted by Crippen LogP contribution is 2.47. The number of carbonyl (C=O) groups is 1. The van der Waals surface area contributed by atoms with Crippen molar-refractivity contribution in [3.8, 4) is 0 Å². The molecular weight excluding hydrogens is 327 g/mol. The molecule has 0 aliphatic rings. The quantitative estimate of drug-likeness (QED) is 0.735. The number of aromatic carboxylic acids is 1. The van der Waals surface area contributed by atoms with Crippen molar-refractivity contribution >= 4 is 52.4 Å². The van der Waals surface area contributed by atoms with Gasteiger partial charge in [0.25, 0.3) is 0 Å². The van der Waals surface area contributed by atoms with E-state index in [1.54, 1.807) is 0 Å². The lowest BCUT2D eigenvalue weighted by atomic mass is 10.1. The number of rotatable bonds is 1. The van der Waals surface area contributed by atoms with Crippen LogP contribution < -0.4 is 0 Å². The molecule has 94 valence electrons. The van der Waals surface area contributed by atoms with E-state index in [4.69, 9.17) is 51.5 Å². The maximum absolute atomic E-state index is 12.6. The molecule has 0 saturated heterocycles. The zero-order valence-corrected chi connectivity index (χ0v) is 10.5. The molecule has 0 bridgehead atoms. The fourth-order valence-corrected chi connectivity index (χ4v) is 2.30. The highest BCUT2D eigenvalue weighted by atomic mass is 35.5. The van der Waals surface area contributed by atoms with Gasteiger partial charge in [-0.15, -0.1) is 0 Å². The van der Waals surface area contributed by atoms with Gasteiger partial charge in [0.1, 0.15) is 0 Å². The Morgan fingerprint density at radius 1 is 0.941 bits per heavy atom. The predicted molar refractivity (Wildman–Crippen MR) is 58.4 cm³/mol. The monoisotopic (exact) mass is 326 g/mol. The van der Waals surface area contributed by atoms with Crippen LogP contribution >= 0.6 is 46.4 Å². The molecule has 0 unspecified atom stereocenters. The topological polar surface area (TPSA) is 37.3 Å². The van der Waals surface area contributed by atoms with Crippen LogP contribution in [0.25, 0.3) is 0 Å². The van der Waals surface area contributed by atoms with E-state index in [9.17, 15) is 18.0 Å². The molecule has 1 N–H and O–H groups in total. The number of carboxylic acid groups (broad SMARTS) is 1. The third-order valence-electron chi connectivity index (χ3n) is 1.76. The van der Waals surface area contributed by atoms with E-state index < -0.39 is 43.4 Å². The van der Waals surface area contributed by atoms with Crippen LogP contribution in [0, 0.1) is 0 Å². The summed E-state index contributed by atoms with van der Waals surface area (Å²) in [5, 5.41) is 5.12. The molecule has 1 rings (SSSR count). The van der Waals surface area contributed by atoms with Gasteiger partial charge in [0, 0.05) is 0 Å². The summed E-state index contributed by atoms with van der Waals surface area (Å²) in [5.41, 5.74) is -2.22. The van der Waals surface area contributed by atoms with Crippen LogP contribution in [0.1, 0.15) is 15.9 Å². The first-order valence-corrected chi connectivity index (χ1v) is 5.26. The van der Waals surface area contributed by atoms with Crippen LogP contribution in [-0.2, 0) is 6.18 Å². The number of hydrogen-bond acceptors (Lipinski definition) is 1. The number of benzene rings is 1. The van der Waals surface area contributed by atoms with Crippen LogP contribution in [0.4, 0.5) is 13.2 Å². The second kappa shape index (κ2) is 4.72. The van der Waals surface area contributed by atoms with Crippen LogP contribution in [0.5, 0.6) is 0 Å². The Labute approximate surface area is 113 Å². The zero-order valence-electron chi connectivity index (χ0n) is 7.50. The number of hydrogen-bond donors (Lipinski definition) is 1. The molecule has 0 amide bonds. The van der Waals surface area contributed by atoms with E-state index in [-0.39, 0.29) is 0 Å². The van der Waals surface area contributed by atoms with Crippen LogP contribution in [-0.4, -0.2) is 11.1 Å². The summed E-state index contributed by atoms with van der Waals surface area (Å²) in [6.07, 6.45) is -4.89. The normalized spacial score (nSPS) is 11.7. The minimum absolute atomic E-state index is 0.767. The van der Waals surface area contributed by atoms with Crippen molar-refractivity contribution in [1.29, 1.82) is 0 Å². The van der Waals surface area contributed by atoms with E-state index in [0.717, 1.165) is 0 Å². The lowest BCUT2D eigenvalue weighted by molar-refractivity contribution is -0.137. The Hall–Kier alpha value is -0.360. The molecule has 1 aromatic carbocycles. The molecule has 0 aromatic heterocycles. The summed E-state index contributed by atoms with van der Waals surface area (Å²) in [6.45, 7) is 0. The molecule has 0 fully saturated rings. The third kappa shape index (κ3) is 2.57. The van der Waals surface area contributed by atoms with Crippen LogP contribution in [0.3, 0.4) is 0 Å². The lowest BCUT2D eigenvalue weighted by Gasteiger charge is -2.15. The Bertz CT molecular complexity index is 470. The Morgan fingerprint density at radius 2 is 1.29 bits per heavy atom. The molecule has 17 heavy (non-hydrogen) atoms. The minimum atomic E-state index is -4.89. The van der Waals surface area contributed by atoms with Crippen molar-refractivity contribution in [1.82, 2.24) is 0 Å². The summed E-state index contributed by atoms with van der Waals surface area (Å²) < 4.78 is 37.7. The first-order chi connectivity index (χ1) is 7.59. The standard InChI is InChI=1S/C8HCl4F3O2/c9-3-1(7(16)17)4(10)6(12)2(5(3)11)8(13,14)15/h(H,16,17). The second-order valence-electron chi connectivity index (χ2n) is 2.81. The van der Waals surface area contributed by atoms with Gasteiger partial charge >= 0.3 is 12.1 Å². The first kappa shape index (κ1) is 14.7. The first-order valence-electron chi connectivity index (χ1n) is 3.75. The maximum atomic E-state index is 12.6. The van der Waals surface area contributed by atoms with E-state index in [1.807, 2.05) is 0 Å². The largest absolute Gasteiger partial charge is 0.478 e. The molecule has 0 atom stereocenters. The Balaban J connectivity index is 3.77. The third-order valence-corrected chi connectivity index (χ3v) is 3.47. The zero-order chi connectivity index (χ0) is 13.5. The van der Waals surface area contributed by atoms with Crippen LogP contribution in [0.2, 0.25) is 20.1 Å². The fraction of sp³-hybridized carbons (Fsp3) is 0.125. The van der Waals surface area contributed by atoms with Gasteiger partial charge < -0.3 is 5.11 Å². The van der Waals surface area contributed by atoms with Crippen molar-refractivity contribution in [2.45, 2.75) is 6.18 Å². The Kier molecular flexibility index (Phi) is 4.08. The molecular formula is C8HCl4F3O2. The van der Waals surface area contributed by atoms with Gasteiger partial charge in [-0.2, -0.15) is 13.2 Å². The highest BCUT2D eigenvalue weighted by Gasteiger charge is 2.40. The molecule has 0 aliphatic carbocycles. The van der Waals surface area contributed by atoms with Gasteiger partial charge in [-0.1, -0.05) is 46.4 Å². The van der Waals surface area contributed by atoms with Crippen molar-refractivity contribution in [3.63, 3.8) is 0 Å². The maximum Gasteiger partial charge on any atom is 0.419 e. The van der Waals surface area contributed by atoms with Gasteiger partial charge in [0.15, 0.2) is 0 Å². The number of carboxylic acids is 1. The van der Waals surface area contributed by atoms with Gasteiger partial charge in [0.05, 0.1) is 31.2 Å². The lowest BCUT2D eigenvalue weighted by Crippen LogP contribution is -2.10. The molecule has 0 heterocycles. The van der Waals surface area contributed by atoms with E-state index in [0.29, 0.717) is 0 Å². The SMILES string of the molecule is O=C(O)c1c(Cl)c(Cl)c(C(F)(F)F)c(Cl)c1Cl. The average molecular weight is 328 g/mol. The summed E-state index contributed by atoms with van der Waals surface area (Å²) in [7, 11) is 0. The molecule has 9 heteroatoms. The van der Waals surface area contributed by atoms with E-state index in [2.05, 4.69) is 0 Å². The number of halogens is 7. The summed E-state index contributed by atoms with van der Waals surface area (Å²) in [6, 6.07) is 0. The van der Waals surface area contributed by atoms with Gasteiger partial charge in [-0.25, -0.2) is 4.79 Å². The average Bonchev–Trinajstić information content (AvgIpc) is 2.12. The van der Waals surface area contributed by atoms with E-state index >= 15 is 0 Å². The fourth-order valence-electron chi connectivity index (χ4n) is 1.07. The summed E-state index contributed by atoms with van der Waals surface area (Å²) in [4.78, 5) is 10.7. The second-order valence-corrected chi connectivity index (χ2v) is 4.32. The smallest absolute Gasteiger partial charge is 0.419 e. The predicted octanol–water partition coefficient (Wildman–Crippen LogP) is 5.02. The molecule has 0 saturated carbocycles. The van der Waals surface area contributed by atoms with E-state index in [1.165, 1.54) is 0 Å². The number of alkyl halides is 3. The van der Waals surface area contributed by atoms with Gasteiger partial charge in [-0.05, 0) is 0 Å². The molecule has 0 radical (unpaired) electrons. The van der Waals surface area contributed by atoms with Crippen molar-refractivity contribution in [2.24, 2.45) is 0 Å².